The molecule has 1 N–H and O–H groups in total. The second-order valence-electron chi connectivity index (χ2n) is 6.46. The summed E-state index contributed by atoms with van der Waals surface area (Å²) in [7, 11) is 0. The lowest BCUT2D eigenvalue weighted by atomic mass is 9.96. The predicted molar refractivity (Wildman–Crippen MR) is 85.5 cm³/mol. The number of nitrogens with one attached hydrogen (secondary N) is 1. The molecule has 1 aromatic carbocycles. The van der Waals surface area contributed by atoms with Crippen LogP contribution in [-0.2, 0) is 4.74 Å². The van der Waals surface area contributed by atoms with Gasteiger partial charge in [-0.1, -0.05) is 6.92 Å². The van der Waals surface area contributed by atoms with E-state index in [9.17, 15) is 4.39 Å². The Bertz CT molecular complexity index is 502. The van der Waals surface area contributed by atoms with E-state index >= 15 is 0 Å². The zero-order chi connectivity index (χ0) is 15.6. The first-order valence-corrected chi connectivity index (χ1v) is 7.75. The van der Waals surface area contributed by atoms with Gasteiger partial charge < -0.3 is 15.0 Å². The Morgan fingerprint density at radius 3 is 2.76 bits per heavy atom. The van der Waals surface area contributed by atoms with Gasteiger partial charge in [0.1, 0.15) is 5.82 Å². The van der Waals surface area contributed by atoms with Crippen LogP contribution >= 0.6 is 0 Å². The Hall–Kier alpha value is -1.13. The predicted octanol–water partition coefficient (Wildman–Crippen LogP) is 3.42. The first-order valence-electron chi connectivity index (χ1n) is 7.75. The maximum atomic E-state index is 14.0. The Kier molecular flexibility index (Phi) is 4.89. The largest absolute Gasteiger partial charge is 0.377 e. The van der Waals surface area contributed by atoms with Crippen LogP contribution in [0.1, 0.15) is 44.9 Å². The molecule has 0 radical (unpaired) electrons. The Labute approximate surface area is 127 Å². The molecule has 1 heterocycles. The Balaban J connectivity index is 2.47. The van der Waals surface area contributed by atoms with Crippen molar-refractivity contribution in [3.8, 4) is 0 Å². The van der Waals surface area contributed by atoms with Crippen molar-refractivity contribution in [2.24, 2.45) is 0 Å². The summed E-state index contributed by atoms with van der Waals surface area (Å²) in [5.41, 5.74) is 2.76. The topological polar surface area (TPSA) is 24.5 Å². The molecule has 1 saturated heterocycles. The molecule has 0 saturated carbocycles. The van der Waals surface area contributed by atoms with Gasteiger partial charge in [0, 0.05) is 18.3 Å². The second-order valence-corrected chi connectivity index (χ2v) is 6.46. The number of aryl methyl sites for hydroxylation is 1. The summed E-state index contributed by atoms with van der Waals surface area (Å²) in [6.07, 6.45) is 0. The molecule has 1 aromatic rings. The fourth-order valence-electron chi connectivity index (χ4n) is 2.98. The highest BCUT2D eigenvalue weighted by molar-refractivity contribution is 5.59. The van der Waals surface area contributed by atoms with E-state index in [4.69, 9.17) is 4.74 Å². The van der Waals surface area contributed by atoms with Crippen molar-refractivity contribution in [3.05, 3.63) is 29.1 Å². The molecule has 118 valence electrons. The van der Waals surface area contributed by atoms with Crippen molar-refractivity contribution in [2.45, 2.75) is 46.2 Å². The minimum absolute atomic E-state index is 0.0802. The number of hydrogen-bond donors (Lipinski definition) is 1. The van der Waals surface area contributed by atoms with Gasteiger partial charge in [0.05, 0.1) is 18.8 Å². The van der Waals surface area contributed by atoms with Crippen LogP contribution in [0.3, 0.4) is 0 Å². The monoisotopic (exact) mass is 294 g/mol. The third kappa shape index (κ3) is 3.38. The molecule has 2 rings (SSSR count). The van der Waals surface area contributed by atoms with Crippen molar-refractivity contribution >= 4 is 5.69 Å². The maximum Gasteiger partial charge on any atom is 0.126 e. The lowest BCUT2D eigenvalue weighted by Crippen LogP contribution is -2.53. The number of halogens is 1. The summed E-state index contributed by atoms with van der Waals surface area (Å²) < 4.78 is 19.7. The zero-order valence-electron chi connectivity index (χ0n) is 13.8. The third-order valence-corrected chi connectivity index (χ3v) is 4.22. The van der Waals surface area contributed by atoms with Crippen LogP contribution in [0.4, 0.5) is 10.1 Å². The zero-order valence-corrected chi connectivity index (χ0v) is 13.8. The summed E-state index contributed by atoms with van der Waals surface area (Å²) in [6, 6.07) is 3.79. The first kappa shape index (κ1) is 16.2. The normalized spacial score (nSPS) is 19.6. The lowest BCUT2D eigenvalue weighted by molar-refractivity contribution is 0.0642. The molecular weight excluding hydrogens is 267 g/mol. The highest BCUT2D eigenvalue weighted by Crippen LogP contribution is 2.34. The Morgan fingerprint density at radius 1 is 1.43 bits per heavy atom. The number of hydrogen-bond acceptors (Lipinski definition) is 3. The Morgan fingerprint density at radius 2 is 2.14 bits per heavy atom. The van der Waals surface area contributed by atoms with Crippen LogP contribution in [0.5, 0.6) is 0 Å². The van der Waals surface area contributed by atoms with Crippen LogP contribution in [0.25, 0.3) is 0 Å². The second kappa shape index (κ2) is 6.32. The van der Waals surface area contributed by atoms with Crippen molar-refractivity contribution < 1.29 is 9.13 Å². The number of morpholine rings is 1. The SMILES string of the molecule is CCNC(C)c1cc(F)c(C)cc1N1CCOCC1(C)C. The number of nitrogens with zero attached hydrogens (tertiary/aromatic N) is 1. The smallest absolute Gasteiger partial charge is 0.126 e. The maximum absolute atomic E-state index is 14.0. The number of ether oxygens (including phenoxy) is 1. The lowest BCUT2D eigenvalue weighted by Gasteiger charge is -2.45. The van der Waals surface area contributed by atoms with Gasteiger partial charge >= 0.3 is 0 Å². The minimum Gasteiger partial charge on any atom is -0.377 e. The van der Waals surface area contributed by atoms with Crippen molar-refractivity contribution in [2.75, 3.05) is 31.2 Å². The molecule has 3 nitrogen and oxygen atoms in total. The molecule has 0 aromatic heterocycles. The molecular formula is C17H27FN2O. The first-order chi connectivity index (χ1) is 9.86. The molecule has 1 unspecified atom stereocenters. The van der Waals surface area contributed by atoms with E-state index < -0.39 is 0 Å². The molecule has 1 fully saturated rings. The summed E-state index contributed by atoms with van der Waals surface area (Å²) in [5.74, 6) is -0.135. The van der Waals surface area contributed by atoms with Gasteiger partial charge in [-0.2, -0.15) is 0 Å². The number of anilines is 1. The molecule has 1 aliphatic heterocycles. The number of rotatable bonds is 4. The van der Waals surface area contributed by atoms with Crippen LogP contribution < -0.4 is 10.2 Å². The summed E-state index contributed by atoms with van der Waals surface area (Å²) >= 11 is 0. The van der Waals surface area contributed by atoms with Gasteiger partial charge in [-0.25, -0.2) is 4.39 Å². The molecule has 0 spiro atoms. The number of benzene rings is 1. The van der Waals surface area contributed by atoms with E-state index in [-0.39, 0.29) is 17.4 Å². The third-order valence-electron chi connectivity index (χ3n) is 4.22. The van der Waals surface area contributed by atoms with Crippen molar-refractivity contribution in [3.63, 3.8) is 0 Å². The van der Waals surface area contributed by atoms with E-state index in [1.54, 1.807) is 6.07 Å². The van der Waals surface area contributed by atoms with Crippen molar-refractivity contribution in [1.82, 2.24) is 5.32 Å². The molecule has 0 amide bonds. The van der Waals surface area contributed by atoms with E-state index in [1.807, 2.05) is 13.0 Å². The summed E-state index contributed by atoms with van der Waals surface area (Å²) in [6.45, 7) is 13.4. The molecule has 1 aliphatic rings. The standard InChI is InChI=1S/C17H27FN2O/c1-6-19-13(3)14-10-15(18)12(2)9-16(14)20-7-8-21-11-17(20,4)5/h9-10,13,19H,6-8,11H2,1-5H3. The summed E-state index contributed by atoms with van der Waals surface area (Å²) in [5, 5.41) is 3.39. The highest BCUT2D eigenvalue weighted by Gasteiger charge is 2.32. The van der Waals surface area contributed by atoms with E-state index in [0.717, 1.165) is 30.9 Å². The van der Waals surface area contributed by atoms with E-state index in [2.05, 4.69) is 37.9 Å². The fraction of sp³-hybridized carbons (Fsp3) is 0.647. The van der Waals surface area contributed by atoms with Crippen molar-refractivity contribution in [1.29, 1.82) is 0 Å². The average Bonchev–Trinajstić information content (AvgIpc) is 2.41. The molecule has 0 aliphatic carbocycles. The van der Waals surface area contributed by atoms with Crippen LogP contribution in [0.2, 0.25) is 0 Å². The minimum atomic E-state index is -0.135. The van der Waals surface area contributed by atoms with E-state index in [1.165, 1.54) is 0 Å². The molecule has 0 bridgehead atoms. The average molecular weight is 294 g/mol. The van der Waals surface area contributed by atoms with Gasteiger partial charge in [0.25, 0.3) is 0 Å². The fourth-order valence-corrected chi connectivity index (χ4v) is 2.98. The molecule has 1 atom stereocenters. The van der Waals surface area contributed by atoms with Crippen LogP contribution in [-0.4, -0.2) is 31.8 Å². The van der Waals surface area contributed by atoms with Crippen LogP contribution in [0, 0.1) is 12.7 Å². The van der Waals surface area contributed by atoms with Gasteiger partial charge in [-0.05, 0) is 57.5 Å². The van der Waals surface area contributed by atoms with Gasteiger partial charge in [0.2, 0.25) is 0 Å². The molecule has 21 heavy (non-hydrogen) atoms. The van der Waals surface area contributed by atoms with E-state index in [0.29, 0.717) is 12.2 Å². The van der Waals surface area contributed by atoms with Gasteiger partial charge in [-0.15, -0.1) is 0 Å². The highest BCUT2D eigenvalue weighted by atomic mass is 19.1. The summed E-state index contributed by atoms with van der Waals surface area (Å²) in [4.78, 5) is 2.35. The molecule has 4 heteroatoms. The quantitative estimate of drug-likeness (QED) is 0.921. The van der Waals surface area contributed by atoms with Gasteiger partial charge in [-0.3, -0.25) is 0 Å². The van der Waals surface area contributed by atoms with Gasteiger partial charge in [0.15, 0.2) is 0 Å². The van der Waals surface area contributed by atoms with Crippen LogP contribution in [0.15, 0.2) is 12.1 Å².